The van der Waals surface area contributed by atoms with Crippen LogP contribution >= 0.6 is 0 Å². The molecule has 0 atom stereocenters. The molecule has 1 heterocycles. The molecule has 1 rings (SSSR count). The van der Waals surface area contributed by atoms with Crippen LogP contribution in [0.3, 0.4) is 0 Å². The molecule has 0 aliphatic heterocycles. The van der Waals surface area contributed by atoms with Crippen LogP contribution < -0.4 is 10.6 Å². The summed E-state index contributed by atoms with van der Waals surface area (Å²) in [5.41, 5.74) is 1.16. The molecule has 1 amide bonds. The normalized spacial score (nSPS) is 10.3. The predicted octanol–water partition coefficient (Wildman–Crippen LogP) is 0.482. The van der Waals surface area contributed by atoms with Gasteiger partial charge in [-0.05, 0) is 26.0 Å². The minimum Gasteiger partial charge on any atom is -0.465 e. The van der Waals surface area contributed by atoms with Crippen molar-refractivity contribution in [2.45, 2.75) is 26.4 Å². The highest BCUT2D eigenvalue weighted by molar-refractivity contribution is 5.88. The summed E-state index contributed by atoms with van der Waals surface area (Å²) >= 11 is 0. The maximum Gasteiger partial charge on any atom is 0.339 e. The van der Waals surface area contributed by atoms with E-state index >= 15 is 0 Å². The summed E-state index contributed by atoms with van der Waals surface area (Å²) < 4.78 is 4.58. The highest BCUT2D eigenvalue weighted by atomic mass is 16.5. The fourth-order valence-electron chi connectivity index (χ4n) is 1.44. The standard InChI is InChI=1S/C13H19N3O3/c1-9(2)16-12(17)8-14-7-11-5-4-10(6-15-11)13(18)19-3/h4-6,9,14H,7-8H2,1-3H3,(H,16,17). The van der Waals surface area contributed by atoms with Crippen molar-refractivity contribution in [1.82, 2.24) is 15.6 Å². The molecule has 19 heavy (non-hydrogen) atoms. The van der Waals surface area contributed by atoms with Gasteiger partial charge in [-0.25, -0.2) is 4.79 Å². The maximum absolute atomic E-state index is 11.4. The Hall–Kier alpha value is -1.95. The lowest BCUT2D eigenvalue weighted by Crippen LogP contribution is -2.37. The third kappa shape index (κ3) is 5.48. The van der Waals surface area contributed by atoms with E-state index in [4.69, 9.17) is 0 Å². The highest BCUT2D eigenvalue weighted by Gasteiger charge is 2.06. The van der Waals surface area contributed by atoms with E-state index in [9.17, 15) is 9.59 Å². The van der Waals surface area contributed by atoms with E-state index < -0.39 is 5.97 Å². The molecular weight excluding hydrogens is 246 g/mol. The van der Waals surface area contributed by atoms with E-state index in [0.717, 1.165) is 5.69 Å². The topological polar surface area (TPSA) is 80.3 Å². The van der Waals surface area contributed by atoms with Crippen molar-refractivity contribution in [3.05, 3.63) is 29.6 Å². The quantitative estimate of drug-likeness (QED) is 0.731. The van der Waals surface area contributed by atoms with Crippen molar-refractivity contribution in [2.75, 3.05) is 13.7 Å². The Morgan fingerprint density at radius 3 is 2.63 bits per heavy atom. The van der Waals surface area contributed by atoms with Crippen LogP contribution in [0, 0.1) is 0 Å². The molecule has 0 fully saturated rings. The average molecular weight is 265 g/mol. The zero-order valence-corrected chi connectivity index (χ0v) is 11.4. The SMILES string of the molecule is COC(=O)c1ccc(CNCC(=O)NC(C)C)nc1. The Balaban J connectivity index is 2.38. The fraction of sp³-hybridized carbons (Fsp3) is 0.462. The Morgan fingerprint density at radius 1 is 1.37 bits per heavy atom. The first-order chi connectivity index (χ1) is 9.02. The Morgan fingerprint density at radius 2 is 2.11 bits per heavy atom. The smallest absolute Gasteiger partial charge is 0.339 e. The molecule has 104 valence electrons. The van der Waals surface area contributed by atoms with Gasteiger partial charge < -0.3 is 15.4 Å². The number of hydrogen-bond acceptors (Lipinski definition) is 5. The second-order valence-corrected chi connectivity index (χ2v) is 4.36. The van der Waals surface area contributed by atoms with Gasteiger partial charge in [-0.2, -0.15) is 0 Å². The Labute approximate surface area is 112 Å². The van der Waals surface area contributed by atoms with Gasteiger partial charge in [-0.3, -0.25) is 9.78 Å². The van der Waals surface area contributed by atoms with Gasteiger partial charge in [0.1, 0.15) is 0 Å². The molecule has 1 aromatic heterocycles. The lowest BCUT2D eigenvalue weighted by atomic mass is 10.2. The van der Waals surface area contributed by atoms with Gasteiger partial charge in [-0.15, -0.1) is 0 Å². The Kier molecular flexibility index (Phi) is 5.95. The van der Waals surface area contributed by atoms with Crippen molar-refractivity contribution in [3.8, 4) is 0 Å². The molecule has 0 aliphatic carbocycles. The zero-order valence-electron chi connectivity index (χ0n) is 11.4. The minimum absolute atomic E-state index is 0.0545. The number of hydrogen-bond donors (Lipinski definition) is 2. The van der Waals surface area contributed by atoms with Gasteiger partial charge in [0.05, 0.1) is 24.9 Å². The van der Waals surface area contributed by atoms with Crippen molar-refractivity contribution in [3.63, 3.8) is 0 Å². The van der Waals surface area contributed by atoms with Crippen LogP contribution in [0.15, 0.2) is 18.3 Å². The summed E-state index contributed by atoms with van der Waals surface area (Å²) in [5.74, 6) is -0.468. The number of rotatable bonds is 6. The number of aromatic nitrogens is 1. The van der Waals surface area contributed by atoms with E-state index in [1.807, 2.05) is 13.8 Å². The van der Waals surface area contributed by atoms with Crippen molar-refractivity contribution < 1.29 is 14.3 Å². The Bertz CT molecular complexity index is 429. The molecule has 6 heteroatoms. The van der Waals surface area contributed by atoms with E-state index in [0.29, 0.717) is 12.1 Å². The van der Waals surface area contributed by atoms with Gasteiger partial charge in [0.2, 0.25) is 5.91 Å². The number of methoxy groups -OCH3 is 1. The average Bonchev–Trinajstić information content (AvgIpc) is 2.37. The summed E-state index contributed by atoms with van der Waals surface area (Å²) in [6, 6.07) is 3.50. The fourth-order valence-corrected chi connectivity index (χ4v) is 1.44. The van der Waals surface area contributed by atoms with Gasteiger partial charge in [0.25, 0.3) is 0 Å². The number of carbonyl (C=O) groups excluding carboxylic acids is 2. The molecule has 1 aromatic rings. The third-order valence-electron chi connectivity index (χ3n) is 2.29. The van der Waals surface area contributed by atoms with E-state index in [1.165, 1.54) is 13.3 Å². The van der Waals surface area contributed by atoms with Crippen LogP contribution in [-0.4, -0.2) is 36.6 Å². The van der Waals surface area contributed by atoms with Crippen LogP contribution in [-0.2, 0) is 16.1 Å². The first kappa shape index (κ1) is 15.1. The maximum atomic E-state index is 11.4. The van der Waals surface area contributed by atoms with Crippen LogP contribution in [0.5, 0.6) is 0 Å². The number of pyridine rings is 1. The minimum atomic E-state index is -0.414. The zero-order chi connectivity index (χ0) is 14.3. The van der Waals surface area contributed by atoms with Crippen LogP contribution in [0.4, 0.5) is 0 Å². The van der Waals surface area contributed by atoms with Gasteiger partial charge in [-0.1, -0.05) is 0 Å². The number of amides is 1. The van der Waals surface area contributed by atoms with Crippen molar-refractivity contribution >= 4 is 11.9 Å². The monoisotopic (exact) mass is 265 g/mol. The van der Waals surface area contributed by atoms with Crippen LogP contribution in [0.2, 0.25) is 0 Å². The van der Waals surface area contributed by atoms with Gasteiger partial charge in [0, 0.05) is 18.8 Å². The van der Waals surface area contributed by atoms with Crippen LogP contribution in [0.1, 0.15) is 29.9 Å². The number of carbonyl (C=O) groups is 2. The van der Waals surface area contributed by atoms with E-state index in [1.54, 1.807) is 12.1 Å². The summed E-state index contributed by atoms with van der Waals surface area (Å²) in [7, 11) is 1.32. The third-order valence-corrected chi connectivity index (χ3v) is 2.29. The molecule has 0 unspecified atom stereocenters. The largest absolute Gasteiger partial charge is 0.465 e. The highest BCUT2D eigenvalue weighted by Crippen LogP contribution is 2.01. The number of esters is 1. The molecule has 0 spiro atoms. The molecule has 0 radical (unpaired) electrons. The first-order valence-corrected chi connectivity index (χ1v) is 6.06. The lowest BCUT2D eigenvalue weighted by molar-refractivity contribution is -0.120. The van der Waals surface area contributed by atoms with Crippen LogP contribution in [0.25, 0.3) is 0 Å². The molecule has 2 N–H and O–H groups in total. The molecule has 0 aliphatic rings. The number of ether oxygens (including phenoxy) is 1. The summed E-state index contributed by atoms with van der Waals surface area (Å²) in [5, 5.41) is 5.76. The van der Waals surface area contributed by atoms with Gasteiger partial charge in [0.15, 0.2) is 0 Å². The molecule has 0 saturated carbocycles. The summed E-state index contributed by atoms with van der Waals surface area (Å²) in [4.78, 5) is 26.7. The summed E-state index contributed by atoms with van der Waals surface area (Å²) in [6.07, 6.45) is 1.46. The molecule has 0 bridgehead atoms. The second-order valence-electron chi connectivity index (χ2n) is 4.36. The van der Waals surface area contributed by atoms with Crippen molar-refractivity contribution in [1.29, 1.82) is 0 Å². The predicted molar refractivity (Wildman–Crippen MR) is 70.6 cm³/mol. The number of nitrogens with zero attached hydrogens (tertiary/aromatic N) is 1. The van der Waals surface area contributed by atoms with Crippen molar-refractivity contribution in [2.24, 2.45) is 0 Å². The first-order valence-electron chi connectivity index (χ1n) is 6.06. The summed E-state index contributed by atoms with van der Waals surface area (Å²) in [6.45, 7) is 4.52. The molecular formula is C13H19N3O3. The van der Waals surface area contributed by atoms with E-state index in [-0.39, 0.29) is 18.5 Å². The lowest BCUT2D eigenvalue weighted by Gasteiger charge is -2.09. The molecule has 0 saturated heterocycles. The van der Waals surface area contributed by atoms with E-state index in [2.05, 4.69) is 20.4 Å². The second kappa shape index (κ2) is 7.48. The molecule has 0 aromatic carbocycles. The van der Waals surface area contributed by atoms with Gasteiger partial charge >= 0.3 is 5.97 Å². The molecule has 6 nitrogen and oxygen atoms in total. The number of nitrogens with one attached hydrogen (secondary N) is 2.